The van der Waals surface area contributed by atoms with Gasteiger partial charge in [0.05, 0.1) is 7.11 Å². The first kappa shape index (κ1) is 14.8. The molecule has 0 aliphatic rings. The van der Waals surface area contributed by atoms with Crippen LogP contribution >= 0.6 is 0 Å². The Morgan fingerprint density at radius 2 is 2.11 bits per heavy atom. The van der Waals surface area contributed by atoms with Gasteiger partial charge in [-0.15, -0.1) is 0 Å². The largest absolute Gasteiger partial charge is 0.504 e. The van der Waals surface area contributed by atoms with E-state index in [2.05, 4.69) is 19.2 Å². The van der Waals surface area contributed by atoms with Crippen LogP contribution in [0.15, 0.2) is 18.2 Å². The van der Waals surface area contributed by atoms with E-state index in [1.807, 2.05) is 12.1 Å². The summed E-state index contributed by atoms with van der Waals surface area (Å²) in [5, 5.41) is 22.0. The molecular formula is C14H23NO3. The number of aliphatic hydroxyl groups is 1. The lowest BCUT2D eigenvalue weighted by Crippen LogP contribution is -2.42. The lowest BCUT2D eigenvalue weighted by atomic mass is 9.94. The van der Waals surface area contributed by atoms with Crippen LogP contribution in [-0.2, 0) is 6.54 Å². The lowest BCUT2D eigenvalue weighted by molar-refractivity contribution is 0.214. The van der Waals surface area contributed by atoms with E-state index >= 15 is 0 Å². The molecule has 0 heterocycles. The zero-order valence-corrected chi connectivity index (χ0v) is 11.4. The topological polar surface area (TPSA) is 61.7 Å². The van der Waals surface area contributed by atoms with Crippen molar-refractivity contribution in [1.82, 2.24) is 5.32 Å². The summed E-state index contributed by atoms with van der Waals surface area (Å²) >= 11 is 0. The predicted octanol–water partition coefficient (Wildman–Crippen LogP) is 2.04. The Balaban J connectivity index is 2.67. The Morgan fingerprint density at radius 1 is 1.39 bits per heavy atom. The molecule has 1 unspecified atom stereocenters. The van der Waals surface area contributed by atoms with Crippen molar-refractivity contribution < 1.29 is 14.9 Å². The van der Waals surface area contributed by atoms with Gasteiger partial charge in [0.1, 0.15) is 0 Å². The lowest BCUT2D eigenvalue weighted by Gasteiger charge is -2.29. The highest BCUT2D eigenvalue weighted by atomic mass is 16.5. The average molecular weight is 253 g/mol. The van der Waals surface area contributed by atoms with Crippen molar-refractivity contribution in [3.8, 4) is 11.5 Å². The van der Waals surface area contributed by atoms with E-state index in [-0.39, 0.29) is 17.9 Å². The molecule has 1 atom stereocenters. The molecule has 1 rings (SSSR count). The molecule has 1 aromatic rings. The number of methoxy groups -OCH3 is 1. The smallest absolute Gasteiger partial charge is 0.160 e. The second-order valence-corrected chi connectivity index (χ2v) is 4.75. The Hall–Kier alpha value is -1.26. The van der Waals surface area contributed by atoms with Crippen LogP contribution in [0.2, 0.25) is 0 Å². The molecule has 0 aliphatic carbocycles. The fourth-order valence-corrected chi connectivity index (χ4v) is 1.78. The highest BCUT2D eigenvalue weighted by molar-refractivity contribution is 5.41. The fraction of sp³-hybridized carbons (Fsp3) is 0.571. The van der Waals surface area contributed by atoms with Gasteiger partial charge in [0.15, 0.2) is 11.5 Å². The monoisotopic (exact) mass is 253 g/mol. The molecular weight excluding hydrogens is 230 g/mol. The van der Waals surface area contributed by atoms with E-state index in [1.165, 1.54) is 7.11 Å². The molecule has 0 saturated heterocycles. The van der Waals surface area contributed by atoms with Crippen LogP contribution in [0, 0.1) is 0 Å². The van der Waals surface area contributed by atoms with Crippen molar-refractivity contribution in [2.24, 2.45) is 0 Å². The summed E-state index contributed by atoms with van der Waals surface area (Å²) in [6.07, 6.45) is 1.67. The highest BCUT2D eigenvalue weighted by Gasteiger charge is 2.20. The van der Waals surface area contributed by atoms with Gasteiger partial charge in [-0.2, -0.15) is 0 Å². The van der Waals surface area contributed by atoms with Crippen molar-refractivity contribution in [2.45, 2.75) is 38.8 Å². The molecule has 4 heteroatoms. The van der Waals surface area contributed by atoms with Crippen molar-refractivity contribution in [1.29, 1.82) is 0 Å². The van der Waals surface area contributed by atoms with E-state index in [4.69, 9.17) is 9.84 Å². The number of benzene rings is 1. The maximum atomic E-state index is 9.51. The summed E-state index contributed by atoms with van der Waals surface area (Å²) in [5.74, 6) is 0.629. The standard InChI is InChI=1S/C14H23NO3/c1-4-14(2,7-8-16)15-10-11-5-6-12(17)13(9-11)18-3/h5-6,9,15-17H,4,7-8,10H2,1-3H3. The first-order valence-electron chi connectivity index (χ1n) is 6.26. The van der Waals surface area contributed by atoms with Crippen molar-refractivity contribution in [3.63, 3.8) is 0 Å². The van der Waals surface area contributed by atoms with Gasteiger partial charge in [-0.3, -0.25) is 0 Å². The van der Waals surface area contributed by atoms with Crippen LogP contribution in [0.4, 0.5) is 0 Å². The fourth-order valence-electron chi connectivity index (χ4n) is 1.78. The van der Waals surface area contributed by atoms with Gasteiger partial charge in [0.25, 0.3) is 0 Å². The summed E-state index contributed by atoms with van der Waals surface area (Å²) in [6.45, 7) is 5.05. The molecule has 3 N–H and O–H groups in total. The zero-order chi connectivity index (χ0) is 13.6. The van der Waals surface area contributed by atoms with Gasteiger partial charge < -0.3 is 20.3 Å². The number of ether oxygens (including phenoxy) is 1. The molecule has 0 aliphatic heterocycles. The Labute approximate surface area is 109 Å². The van der Waals surface area contributed by atoms with Crippen molar-refractivity contribution in [2.75, 3.05) is 13.7 Å². The van der Waals surface area contributed by atoms with Crippen LogP contribution in [0.25, 0.3) is 0 Å². The molecule has 4 nitrogen and oxygen atoms in total. The Kier molecular flexibility index (Phi) is 5.44. The summed E-state index contributed by atoms with van der Waals surface area (Å²) in [7, 11) is 1.54. The highest BCUT2D eigenvalue weighted by Crippen LogP contribution is 2.26. The molecule has 0 spiro atoms. The molecule has 0 amide bonds. The third-order valence-corrected chi connectivity index (χ3v) is 3.41. The number of hydrogen-bond donors (Lipinski definition) is 3. The summed E-state index contributed by atoms with van der Waals surface area (Å²) in [5.41, 5.74) is 0.974. The quantitative estimate of drug-likeness (QED) is 0.696. The number of aromatic hydroxyl groups is 1. The first-order chi connectivity index (χ1) is 8.54. The number of phenolic OH excluding ortho intramolecular Hbond substituents is 1. The molecule has 0 radical (unpaired) electrons. The number of phenols is 1. The van der Waals surface area contributed by atoms with E-state index < -0.39 is 0 Å². The van der Waals surface area contributed by atoms with Gasteiger partial charge in [-0.25, -0.2) is 0 Å². The number of hydrogen-bond acceptors (Lipinski definition) is 4. The molecule has 18 heavy (non-hydrogen) atoms. The first-order valence-corrected chi connectivity index (χ1v) is 6.26. The normalized spacial score (nSPS) is 14.2. The van der Waals surface area contributed by atoms with Gasteiger partial charge >= 0.3 is 0 Å². The van der Waals surface area contributed by atoms with Gasteiger partial charge in [0, 0.05) is 18.7 Å². The van der Waals surface area contributed by atoms with Crippen molar-refractivity contribution in [3.05, 3.63) is 23.8 Å². The van der Waals surface area contributed by atoms with Crippen LogP contribution in [-0.4, -0.2) is 29.5 Å². The van der Waals surface area contributed by atoms with E-state index in [1.54, 1.807) is 6.07 Å². The Bertz CT molecular complexity index is 381. The second kappa shape index (κ2) is 6.61. The Morgan fingerprint density at radius 3 is 2.67 bits per heavy atom. The third kappa shape index (κ3) is 3.89. The maximum absolute atomic E-state index is 9.51. The minimum atomic E-state index is -0.0696. The van der Waals surface area contributed by atoms with E-state index in [9.17, 15) is 5.11 Å². The van der Waals surface area contributed by atoms with Crippen molar-refractivity contribution >= 4 is 0 Å². The van der Waals surface area contributed by atoms with E-state index in [0.717, 1.165) is 18.4 Å². The molecule has 0 saturated carbocycles. The van der Waals surface area contributed by atoms with E-state index in [0.29, 0.717) is 12.3 Å². The molecule has 1 aromatic carbocycles. The summed E-state index contributed by atoms with van der Waals surface area (Å²) in [6, 6.07) is 5.31. The molecule has 0 fully saturated rings. The minimum absolute atomic E-state index is 0.0696. The van der Waals surface area contributed by atoms with Gasteiger partial charge in [-0.1, -0.05) is 13.0 Å². The SMILES string of the molecule is CCC(C)(CCO)NCc1ccc(O)c(OC)c1. The third-order valence-electron chi connectivity index (χ3n) is 3.41. The maximum Gasteiger partial charge on any atom is 0.160 e. The molecule has 102 valence electrons. The number of aliphatic hydroxyl groups excluding tert-OH is 1. The average Bonchev–Trinajstić information content (AvgIpc) is 2.38. The summed E-state index contributed by atoms with van der Waals surface area (Å²) in [4.78, 5) is 0. The summed E-state index contributed by atoms with van der Waals surface area (Å²) < 4.78 is 5.07. The molecule has 0 aromatic heterocycles. The zero-order valence-electron chi connectivity index (χ0n) is 11.4. The minimum Gasteiger partial charge on any atom is -0.504 e. The second-order valence-electron chi connectivity index (χ2n) is 4.75. The number of nitrogens with one attached hydrogen (secondary N) is 1. The van der Waals surface area contributed by atoms with Crippen LogP contribution < -0.4 is 10.1 Å². The predicted molar refractivity (Wildman–Crippen MR) is 71.9 cm³/mol. The van der Waals surface area contributed by atoms with Gasteiger partial charge in [0.2, 0.25) is 0 Å². The molecule has 0 bridgehead atoms. The van der Waals surface area contributed by atoms with Gasteiger partial charge in [-0.05, 0) is 37.5 Å². The number of rotatable bonds is 7. The van der Waals surface area contributed by atoms with Crippen LogP contribution in [0.3, 0.4) is 0 Å². The van der Waals surface area contributed by atoms with Crippen LogP contribution in [0.5, 0.6) is 11.5 Å². The van der Waals surface area contributed by atoms with Crippen LogP contribution in [0.1, 0.15) is 32.3 Å².